The smallest absolute Gasteiger partial charge is 0.0897 e. The predicted octanol–water partition coefficient (Wildman–Crippen LogP) is 2.78. The van der Waals surface area contributed by atoms with Crippen LogP contribution in [-0.4, -0.2) is 47.0 Å². The van der Waals surface area contributed by atoms with E-state index in [9.17, 15) is 0 Å². The second kappa shape index (κ2) is 8.39. The van der Waals surface area contributed by atoms with E-state index in [1.54, 1.807) is 22.7 Å². The first-order valence-electron chi connectivity index (χ1n) is 7.18. The fourth-order valence-electron chi connectivity index (χ4n) is 1.98. The van der Waals surface area contributed by atoms with Crippen molar-refractivity contribution in [1.82, 2.24) is 19.8 Å². The Morgan fingerprint density at radius 3 is 1.59 bits per heavy atom. The summed E-state index contributed by atoms with van der Waals surface area (Å²) < 4.78 is 0. The van der Waals surface area contributed by atoms with Crippen LogP contribution in [0.5, 0.6) is 0 Å². The Balaban J connectivity index is 1.69. The van der Waals surface area contributed by atoms with Crippen LogP contribution in [-0.2, 0) is 13.1 Å². The Morgan fingerprint density at radius 1 is 0.864 bits per heavy atom. The topological polar surface area (TPSA) is 32.3 Å². The van der Waals surface area contributed by atoms with Crippen molar-refractivity contribution < 1.29 is 0 Å². The van der Waals surface area contributed by atoms with Gasteiger partial charge in [-0.3, -0.25) is 9.80 Å². The average Bonchev–Trinajstić information content (AvgIpc) is 3.04. The van der Waals surface area contributed by atoms with E-state index in [1.165, 1.54) is 9.75 Å². The molecule has 2 aromatic heterocycles. The van der Waals surface area contributed by atoms with Gasteiger partial charge in [0, 0.05) is 35.2 Å². The lowest BCUT2D eigenvalue weighted by Gasteiger charge is -2.12. The molecule has 0 aliphatic carbocycles. The van der Waals surface area contributed by atoms with E-state index < -0.39 is 0 Å². The first-order chi connectivity index (χ1) is 10.5. The van der Waals surface area contributed by atoms with Crippen LogP contribution in [0.25, 0.3) is 0 Å². The maximum Gasteiger partial charge on any atom is 0.0897 e. The summed E-state index contributed by atoms with van der Waals surface area (Å²) in [5.41, 5.74) is 0. The number of aryl methyl sites for hydroxylation is 2. The van der Waals surface area contributed by atoms with Gasteiger partial charge >= 0.3 is 0 Å². The number of aromatic nitrogens is 2. The fraction of sp³-hybridized carbons (Fsp3) is 0.500. The van der Waals surface area contributed by atoms with Crippen LogP contribution >= 0.6 is 22.7 Å². The number of rotatable bonds is 6. The van der Waals surface area contributed by atoms with Crippen LogP contribution in [0.4, 0.5) is 0 Å². The molecule has 6 heteroatoms. The largest absolute Gasteiger partial charge is 0.290 e. The molecule has 22 heavy (non-hydrogen) atoms. The summed E-state index contributed by atoms with van der Waals surface area (Å²) in [7, 11) is 4.18. The quantitative estimate of drug-likeness (QED) is 0.761. The van der Waals surface area contributed by atoms with Gasteiger partial charge in [-0.15, -0.1) is 22.7 Å². The summed E-state index contributed by atoms with van der Waals surface area (Å²) >= 11 is 3.50. The van der Waals surface area contributed by atoms with Gasteiger partial charge in [-0.1, -0.05) is 11.8 Å². The van der Waals surface area contributed by atoms with Crippen LogP contribution in [0.15, 0.2) is 12.4 Å². The zero-order valence-corrected chi connectivity index (χ0v) is 15.2. The molecule has 0 bridgehead atoms. The number of hydrogen-bond acceptors (Lipinski definition) is 6. The van der Waals surface area contributed by atoms with Gasteiger partial charge in [0.05, 0.1) is 23.1 Å². The Kier molecular flexibility index (Phi) is 6.52. The summed E-state index contributed by atoms with van der Waals surface area (Å²) in [4.78, 5) is 15.6. The Labute approximate surface area is 140 Å². The van der Waals surface area contributed by atoms with Crippen molar-refractivity contribution in [3.05, 3.63) is 32.2 Å². The highest BCUT2D eigenvalue weighted by molar-refractivity contribution is 7.11. The SMILES string of the molecule is Cc1ncc(CN(C)CC#CCN(C)Cc2cnc(C)s2)s1. The summed E-state index contributed by atoms with van der Waals surface area (Å²) in [5.74, 6) is 6.48. The lowest BCUT2D eigenvalue weighted by molar-refractivity contribution is 0.366. The molecular weight excluding hydrogens is 312 g/mol. The Hall–Kier alpha value is -1.26. The normalized spacial score (nSPS) is 11.0. The van der Waals surface area contributed by atoms with Gasteiger partial charge in [-0.05, 0) is 27.9 Å². The molecular formula is C16H22N4S2. The highest BCUT2D eigenvalue weighted by Gasteiger charge is 2.03. The Morgan fingerprint density at radius 2 is 1.27 bits per heavy atom. The summed E-state index contributed by atoms with van der Waals surface area (Å²) in [5, 5.41) is 2.24. The second-order valence-electron chi connectivity index (χ2n) is 5.39. The lowest BCUT2D eigenvalue weighted by atomic mass is 10.4. The number of hydrogen-bond donors (Lipinski definition) is 0. The third-order valence-corrected chi connectivity index (χ3v) is 4.81. The van der Waals surface area contributed by atoms with Crippen molar-refractivity contribution in [3.63, 3.8) is 0 Å². The van der Waals surface area contributed by atoms with Crippen LogP contribution in [0, 0.1) is 25.7 Å². The highest BCUT2D eigenvalue weighted by Crippen LogP contribution is 2.13. The Bertz CT molecular complexity index is 596. The first kappa shape index (κ1) is 17.1. The molecule has 2 rings (SSSR count). The second-order valence-corrected chi connectivity index (χ2v) is 8.03. The lowest BCUT2D eigenvalue weighted by Crippen LogP contribution is -2.19. The van der Waals surface area contributed by atoms with Crippen molar-refractivity contribution in [2.24, 2.45) is 0 Å². The highest BCUT2D eigenvalue weighted by atomic mass is 32.1. The van der Waals surface area contributed by atoms with E-state index in [0.29, 0.717) is 0 Å². The molecule has 2 aromatic rings. The van der Waals surface area contributed by atoms with Crippen molar-refractivity contribution >= 4 is 22.7 Å². The van der Waals surface area contributed by atoms with Crippen molar-refractivity contribution in [1.29, 1.82) is 0 Å². The molecule has 4 nitrogen and oxygen atoms in total. The molecule has 0 aromatic carbocycles. The monoisotopic (exact) mass is 334 g/mol. The molecule has 0 fully saturated rings. The molecule has 0 amide bonds. The third kappa shape index (κ3) is 5.85. The van der Waals surface area contributed by atoms with E-state index in [4.69, 9.17) is 0 Å². The molecule has 0 saturated carbocycles. The van der Waals surface area contributed by atoms with Crippen LogP contribution in [0.3, 0.4) is 0 Å². The predicted molar refractivity (Wildman–Crippen MR) is 94.1 cm³/mol. The van der Waals surface area contributed by atoms with Gasteiger partial charge in [0.2, 0.25) is 0 Å². The minimum Gasteiger partial charge on any atom is -0.290 e. The first-order valence-corrected chi connectivity index (χ1v) is 8.81. The molecule has 0 unspecified atom stereocenters. The van der Waals surface area contributed by atoms with Crippen molar-refractivity contribution in [2.45, 2.75) is 26.9 Å². The maximum absolute atomic E-state index is 4.28. The summed E-state index contributed by atoms with van der Waals surface area (Å²) in [6.07, 6.45) is 3.91. The van der Waals surface area contributed by atoms with Crippen LogP contribution in [0.1, 0.15) is 19.8 Å². The van der Waals surface area contributed by atoms with Crippen LogP contribution in [0.2, 0.25) is 0 Å². The zero-order valence-electron chi connectivity index (χ0n) is 13.6. The minimum atomic E-state index is 0.782. The van der Waals surface area contributed by atoms with E-state index in [-0.39, 0.29) is 0 Å². The van der Waals surface area contributed by atoms with Gasteiger partial charge in [-0.2, -0.15) is 0 Å². The van der Waals surface area contributed by atoms with Crippen molar-refractivity contribution in [2.75, 3.05) is 27.2 Å². The van der Waals surface area contributed by atoms with Gasteiger partial charge in [0.25, 0.3) is 0 Å². The number of nitrogens with zero attached hydrogens (tertiary/aromatic N) is 4. The van der Waals surface area contributed by atoms with Gasteiger partial charge < -0.3 is 0 Å². The molecule has 0 N–H and O–H groups in total. The van der Waals surface area contributed by atoms with E-state index in [1.807, 2.05) is 26.2 Å². The van der Waals surface area contributed by atoms with Crippen molar-refractivity contribution in [3.8, 4) is 11.8 Å². The van der Waals surface area contributed by atoms with Gasteiger partial charge in [0.15, 0.2) is 0 Å². The maximum atomic E-state index is 4.28. The number of thiazole rings is 2. The molecule has 0 aliphatic heterocycles. The fourth-order valence-corrected chi connectivity index (χ4v) is 3.73. The molecule has 0 radical (unpaired) electrons. The third-order valence-electron chi connectivity index (χ3n) is 3.01. The molecule has 0 spiro atoms. The van der Waals surface area contributed by atoms with E-state index in [0.717, 1.165) is 36.2 Å². The summed E-state index contributed by atoms with van der Waals surface area (Å²) in [6, 6.07) is 0. The van der Waals surface area contributed by atoms with Gasteiger partial charge in [-0.25, -0.2) is 9.97 Å². The summed E-state index contributed by atoms with van der Waals surface area (Å²) in [6.45, 7) is 7.46. The molecule has 0 aliphatic rings. The zero-order chi connectivity index (χ0) is 15.9. The standard InChI is InChI=1S/C16H22N4S2/c1-13-17-9-15(21-13)11-19(3)7-5-6-8-20(4)12-16-10-18-14(2)22-16/h9-10H,7-8,11-12H2,1-4H3. The van der Waals surface area contributed by atoms with E-state index in [2.05, 4.69) is 45.7 Å². The average molecular weight is 335 g/mol. The van der Waals surface area contributed by atoms with E-state index >= 15 is 0 Å². The van der Waals surface area contributed by atoms with Crippen LogP contribution < -0.4 is 0 Å². The molecule has 118 valence electrons. The van der Waals surface area contributed by atoms with Gasteiger partial charge in [0.1, 0.15) is 0 Å². The molecule has 0 atom stereocenters. The molecule has 2 heterocycles. The molecule has 0 saturated heterocycles. The minimum absolute atomic E-state index is 0.782.